The van der Waals surface area contributed by atoms with E-state index in [0.717, 1.165) is 12.8 Å². The Morgan fingerprint density at radius 3 is 2.62 bits per heavy atom. The highest BCUT2D eigenvalue weighted by Gasteiger charge is 2.14. The minimum absolute atomic E-state index is 0.266. The first-order valence-electron chi connectivity index (χ1n) is 4.83. The second kappa shape index (κ2) is 5.18. The second-order valence-electron chi connectivity index (χ2n) is 3.24. The largest absolute Gasteiger partial charge is 0.299 e. The molecule has 1 nitrogen and oxygen atoms in total. The summed E-state index contributed by atoms with van der Waals surface area (Å²) < 4.78 is 0. The van der Waals surface area contributed by atoms with Crippen molar-refractivity contribution in [2.45, 2.75) is 33.1 Å². The molecule has 1 aromatic heterocycles. The third-order valence-corrected chi connectivity index (χ3v) is 3.25. The van der Waals surface area contributed by atoms with E-state index < -0.39 is 0 Å². The molecule has 0 fully saturated rings. The van der Waals surface area contributed by atoms with Gasteiger partial charge in [0.25, 0.3) is 0 Å². The predicted octanol–water partition coefficient (Wildman–Crippen LogP) is 3.30. The molecule has 72 valence electrons. The monoisotopic (exact) mass is 196 g/mol. The van der Waals surface area contributed by atoms with Crippen LogP contribution in [0.15, 0.2) is 17.5 Å². The van der Waals surface area contributed by atoms with Gasteiger partial charge in [-0.3, -0.25) is 4.79 Å². The normalized spacial score (nSPS) is 10.7. The highest BCUT2D eigenvalue weighted by molar-refractivity contribution is 7.10. The lowest BCUT2D eigenvalue weighted by molar-refractivity contribution is -0.122. The summed E-state index contributed by atoms with van der Waals surface area (Å²) in [6.45, 7) is 4.17. The van der Waals surface area contributed by atoms with Crippen LogP contribution in [0, 0.1) is 5.92 Å². The van der Waals surface area contributed by atoms with Gasteiger partial charge in [-0.25, -0.2) is 0 Å². The molecule has 0 aliphatic carbocycles. The van der Waals surface area contributed by atoms with Crippen LogP contribution >= 0.6 is 11.3 Å². The molecule has 0 saturated heterocycles. The van der Waals surface area contributed by atoms with Crippen molar-refractivity contribution in [1.82, 2.24) is 0 Å². The second-order valence-corrected chi connectivity index (χ2v) is 4.27. The van der Waals surface area contributed by atoms with Crippen molar-refractivity contribution < 1.29 is 4.79 Å². The van der Waals surface area contributed by atoms with Crippen LogP contribution < -0.4 is 0 Å². The zero-order valence-electron chi connectivity index (χ0n) is 8.25. The van der Waals surface area contributed by atoms with Gasteiger partial charge >= 0.3 is 0 Å². The number of thiophene rings is 1. The quantitative estimate of drug-likeness (QED) is 0.706. The summed E-state index contributed by atoms with van der Waals surface area (Å²) in [5.41, 5.74) is 0. The molecule has 13 heavy (non-hydrogen) atoms. The van der Waals surface area contributed by atoms with Gasteiger partial charge in [0.1, 0.15) is 5.78 Å². The minimum Gasteiger partial charge on any atom is -0.299 e. The van der Waals surface area contributed by atoms with Gasteiger partial charge in [-0.15, -0.1) is 11.3 Å². The average molecular weight is 196 g/mol. The lowest BCUT2D eigenvalue weighted by atomic mass is 9.96. The molecule has 0 radical (unpaired) electrons. The van der Waals surface area contributed by atoms with E-state index in [1.165, 1.54) is 4.88 Å². The van der Waals surface area contributed by atoms with Gasteiger partial charge in [-0.1, -0.05) is 19.9 Å². The van der Waals surface area contributed by atoms with Crippen LogP contribution in [0.3, 0.4) is 0 Å². The van der Waals surface area contributed by atoms with Crippen molar-refractivity contribution in [2.75, 3.05) is 0 Å². The summed E-state index contributed by atoms with van der Waals surface area (Å²) in [6.07, 6.45) is 2.57. The SMILES string of the molecule is CCC(CC)C(=O)Cc1cccs1. The van der Waals surface area contributed by atoms with Crippen LogP contribution in [0.5, 0.6) is 0 Å². The molecule has 0 saturated carbocycles. The Hall–Kier alpha value is -0.630. The Morgan fingerprint density at radius 1 is 1.46 bits per heavy atom. The summed E-state index contributed by atoms with van der Waals surface area (Å²) in [4.78, 5) is 12.9. The third kappa shape index (κ3) is 2.96. The summed E-state index contributed by atoms with van der Waals surface area (Å²) in [7, 11) is 0. The van der Waals surface area contributed by atoms with E-state index in [1.54, 1.807) is 11.3 Å². The standard InChI is InChI=1S/C11H16OS/c1-3-9(4-2)11(12)8-10-6-5-7-13-10/h5-7,9H,3-4,8H2,1-2H3. The first-order chi connectivity index (χ1) is 6.27. The van der Waals surface area contributed by atoms with Crippen molar-refractivity contribution >= 4 is 17.1 Å². The van der Waals surface area contributed by atoms with Crippen LogP contribution in [0.2, 0.25) is 0 Å². The Morgan fingerprint density at radius 2 is 2.15 bits per heavy atom. The van der Waals surface area contributed by atoms with E-state index in [4.69, 9.17) is 0 Å². The van der Waals surface area contributed by atoms with E-state index in [1.807, 2.05) is 17.5 Å². The van der Waals surface area contributed by atoms with Crippen LogP contribution in [-0.2, 0) is 11.2 Å². The molecule has 0 aromatic carbocycles. The number of Topliss-reactive ketones (excluding diaryl/α,β-unsaturated/α-hetero) is 1. The number of carbonyl (C=O) groups is 1. The van der Waals surface area contributed by atoms with Crippen molar-refractivity contribution in [1.29, 1.82) is 0 Å². The summed E-state index contributed by atoms with van der Waals surface area (Å²) in [5, 5.41) is 2.02. The number of carbonyl (C=O) groups excluding carboxylic acids is 1. The zero-order valence-corrected chi connectivity index (χ0v) is 9.06. The molecule has 1 aromatic rings. The number of hydrogen-bond acceptors (Lipinski definition) is 2. The van der Waals surface area contributed by atoms with Gasteiger partial charge in [-0.05, 0) is 24.3 Å². The molecule has 0 aliphatic rings. The van der Waals surface area contributed by atoms with Crippen LogP contribution in [-0.4, -0.2) is 5.78 Å². The number of hydrogen-bond donors (Lipinski definition) is 0. The third-order valence-electron chi connectivity index (χ3n) is 2.37. The molecule has 0 N–H and O–H groups in total. The average Bonchev–Trinajstić information content (AvgIpc) is 2.59. The summed E-state index contributed by atoms with van der Waals surface area (Å²) >= 11 is 1.67. The first-order valence-corrected chi connectivity index (χ1v) is 5.71. The smallest absolute Gasteiger partial charge is 0.141 e. The van der Waals surface area contributed by atoms with Crippen LogP contribution in [0.1, 0.15) is 31.6 Å². The minimum atomic E-state index is 0.266. The molecule has 0 amide bonds. The van der Waals surface area contributed by atoms with E-state index in [-0.39, 0.29) is 5.92 Å². The van der Waals surface area contributed by atoms with E-state index in [0.29, 0.717) is 12.2 Å². The van der Waals surface area contributed by atoms with E-state index in [9.17, 15) is 4.79 Å². The summed E-state index contributed by atoms with van der Waals surface area (Å²) in [6, 6.07) is 4.03. The maximum atomic E-state index is 11.7. The predicted molar refractivity (Wildman–Crippen MR) is 57.1 cm³/mol. The Balaban J connectivity index is 2.49. The molecule has 0 aliphatic heterocycles. The Kier molecular flexibility index (Phi) is 4.16. The van der Waals surface area contributed by atoms with Crippen LogP contribution in [0.25, 0.3) is 0 Å². The molecular weight excluding hydrogens is 180 g/mol. The highest BCUT2D eigenvalue weighted by Crippen LogP contribution is 2.15. The Bertz CT molecular complexity index is 247. The molecule has 1 heterocycles. The van der Waals surface area contributed by atoms with E-state index >= 15 is 0 Å². The molecule has 2 heteroatoms. The maximum Gasteiger partial charge on any atom is 0.141 e. The summed E-state index contributed by atoms with van der Waals surface area (Å²) in [5.74, 6) is 0.662. The number of rotatable bonds is 5. The lowest BCUT2D eigenvalue weighted by Crippen LogP contribution is -2.14. The molecule has 0 unspecified atom stereocenters. The number of ketones is 1. The van der Waals surface area contributed by atoms with Gasteiger partial charge < -0.3 is 0 Å². The van der Waals surface area contributed by atoms with Gasteiger partial charge in [0.05, 0.1) is 0 Å². The Labute approximate surface area is 83.8 Å². The van der Waals surface area contributed by atoms with Crippen molar-refractivity contribution in [3.63, 3.8) is 0 Å². The van der Waals surface area contributed by atoms with Crippen molar-refractivity contribution in [3.8, 4) is 0 Å². The fourth-order valence-corrected chi connectivity index (χ4v) is 2.19. The zero-order chi connectivity index (χ0) is 9.68. The molecular formula is C11H16OS. The highest BCUT2D eigenvalue weighted by atomic mass is 32.1. The molecule has 0 bridgehead atoms. The van der Waals surface area contributed by atoms with Crippen molar-refractivity contribution in [2.24, 2.45) is 5.92 Å². The fourth-order valence-electron chi connectivity index (χ4n) is 1.47. The van der Waals surface area contributed by atoms with Gasteiger partial charge in [0, 0.05) is 17.2 Å². The van der Waals surface area contributed by atoms with Gasteiger partial charge in [0.15, 0.2) is 0 Å². The molecule has 0 spiro atoms. The molecule has 0 atom stereocenters. The van der Waals surface area contributed by atoms with Gasteiger partial charge in [0.2, 0.25) is 0 Å². The topological polar surface area (TPSA) is 17.1 Å². The van der Waals surface area contributed by atoms with Crippen molar-refractivity contribution in [3.05, 3.63) is 22.4 Å². The molecule has 1 rings (SSSR count). The lowest BCUT2D eigenvalue weighted by Gasteiger charge is -2.09. The fraction of sp³-hybridized carbons (Fsp3) is 0.545. The first kappa shape index (κ1) is 10.5. The van der Waals surface area contributed by atoms with E-state index in [2.05, 4.69) is 13.8 Å². The van der Waals surface area contributed by atoms with Crippen LogP contribution in [0.4, 0.5) is 0 Å². The maximum absolute atomic E-state index is 11.7. The van der Waals surface area contributed by atoms with Gasteiger partial charge in [-0.2, -0.15) is 0 Å².